The maximum atomic E-state index is 13.3. The number of carboxylic acids is 1. The van der Waals surface area contributed by atoms with E-state index >= 15 is 0 Å². The van der Waals surface area contributed by atoms with Gasteiger partial charge in [0.1, 0.15) is 87.0 Å². The number of carboxylic acid groups (broad SMARTS) is 1. The SMILES string of the molecule is Cn1c(CNc2ccc(C(=N)N)cc2)nc2ccc(C(=O)N(CCC(=O)O)c3ccccn3)cc21.N=C(N)c1ccc(OCCCCCCOc2ccc(C(=N)N)cc2)cc1.N=C(N)c1ccc(OCCCCCOc2ccc(C(=N)N)cc2)cc1.N=C(N)c1ccc(OCCCOc2ccc(C(=N)N)cc2)cc1. The van der Waals surface area contributed by atoms with Gasteiger partial charge in [0.2, 0.25) is 0 Å². The van der Waals surface area contributed by atoms with E-state index in [1.807, 2.05) is 72.3 Å². The molecule has 0 fully saturated rings. The molecular weight excluding hydrogens is 1380 g/mol. The molecule has 568 valence electrons. The lowest BCUT2D eigenvalue weighted by Gasteiger charge is -2.21. The molecule has 0 saturated heterocycles. The zero-order valence-electron chi connectivity index (χ0n) is 60.8. The number of nitrogens with two attached hydrogens (primary N) is 7. The molecule has 1 amide bonds. The van der Waals surface area contributed by atoms with Crippen LogP contribution in [0, 0.1) is 37.9 Å². The van der Waals surface area contributed by atoms with Gasteiger partial charge in [-0.05, 0) is 245 Å². The van der Waals surface area contributed by atoms with Crippen LogP contribution in [0.3, 0.4) is 0 Å². The van der Waals surface area contributed by atoms with Crippen molar-refractivity contribution in [3.8, 4) is 34.5 Å². The fourth-order valence-corrected chi connectivity index (χ4v) is 10.2. The summed E-state index contributed by atoms with van der Waals surface area (Å²) < 4.78 is 35.8. The van der Waals surface area contributed by atoms with Gasteiger partial charge in [0.25, 0.3) is 5.91 Å². The Labute approximate surface area is 633 Å². The highest BCUT2D eigenvalue weighted by molar-refractivity contribution is 6.07. The Hall–Kier alpha value is -13.8. The van der Waals surface area contributed by atoms with Crippen molar-refractivity contribution in [3.05, 3.63) is 263 Å². The van der Waals surface area contributed by atoms with Crippen molar-refractivity contribution >= 4 is 75.3 Å². The maximum absolute atomic E-state index is 13.3. The number of nitrogens with one attached hydrogen (secondary N) is 8. The number of aromatic nitrogens is 3. The Morgan fingerprint density at radius 1 is 0.404 bits per heavy atom. The fraction of sp³-hybridized carbons (Fsp3) is 0.222. The summed E-state index contributed by atoms with van der Waals surface area (Å²) in [6.45, 7) is 4.16. The second-order valence-corrected chi connectivity index (χ2v) is 24.5. The van der Waals surface area contributed by atoms with Crippen LogP contribution in [0.2, 0.25) is 0 Å². The Kier molecular flexibility index (Phi) is 32.9. The van der Waals surface area contributed by atoms with E-state index in [1.54, 1.807) is 152 Å². The van der Waals surface area contributed by atoms with Crippen molar-refractivity contribution < 1.29 is 43.1 Å². The van der Waals surface area contributed by atoms with Crippen LogP contribution in [0.5, 0.6) is 34.5 Å². The molecule has 0 unspecified atom stereocenters. The van der Waals surface area contributed by atoms with Crippen LogP contribution in [0.25, 0.3) is 11.0 Å². The molecule has 28 heteroatoms. The molecule has 10 rings (SSSR count). The molecule has 0 spiro atoms. The van der Waals surface area contributed by atoms with Crippen molar-refractivity contribution in [2.45, 2.75) is 64.3 Å². The largest absolute Gasteiger partial charge is 0.494 e. The van der Waals surface area contributed by atoms with Crippen LogP contribution in [-0.4, -0.2) is 119 Å². The number of pyridine rings is 1. The van der Waals surface area contributed by atoms with Crippen molar-refractivity contribution in [1.82, 2.24) is 14.5 Å². The molecule has 0 atom stereocenters. The van der Waals surface area contributed by atoms with E-state index in [2.05, 4.69) is 15.3 Å². The second kappa shape index (κ2) is 43.5. The molecule has 8 aromatic carbocycles. The number of hydrogen-bond donors (Lipinski definition) is 16. The lowest BCUT2D eigenvalue weighted by Crippen LogP contribution is -2.33. The predicted molar refractivity (Wildman–Crippen MR) is 428 cm³/mol. The van der Waals surface area contributed by atoms with Gasteiger partial charge in [-0.1, -0.05) is 6.07 Å². The molecule has 109 heavy (non-hydrogen) atoms. The maximum Gasteiger partial charge on any atom is 0.305 e. The predicted octanol–water partition coefficient (Wildman–Crippen LogP) is 11.2. The first-order valence-corrected chi connectivity index (χ1v) is 35.0. The molecule has 2 heterocycles. The summed E-state index contributed by atoms with van der Waals surface area (Å²) in [5.74, 6) is 4.82. The molecular formula is C81H95N19O9. The number of carbonyl (C=O) groups is 2. The van der Waals surface area contributed by atoms with E-state index in [4.69, 9.17) is 112 Å². The second-order valence-electron chi connectivity index (χ2n) is 24.5. The average Bonchev–Trinajstić information content (AvgIpc) is 1.65. The summed E-state index contributed by atoms with van der Waals surface area (Å²) in [5.41, 5.74) is 45.5. The third-order valence-electron chi connectivity index (χ3n) is 16.3. The summed E-state index contributed by atoms with van der Waals surface area (Å²) in [4.78, 5) is 34.7. The van der Waals surface area contributed by atoms with Gasteiger partial charge in [-0.25, -0.2) is 9.97 Å². The number of fused-ring (bicyclic) bond motifs is 1. The third kappa shape index (κ3) is 28.3. The number of carbonyl (C=O) groups excluding carboxylic acids is 1. The van der Waals surface area contributed by atoms with Crippen LogP contribution in [0.4, 0.5) is 11.5 Å². The van der Waals surface area contributed by atoms with E-state index in [9.17, 15) is 9.59 Å². The number of aliphatic carboxylic acids is 1. The first-order valence-electron chi connectivity index (χ1n) is 35.0. The number of hydrogen-bond acceptors (Lipinski definition) is 18. The highest BCUT2D eigenvalue weighted by Gasteiger charge is 2.22. The van der Waals surface area contributed by atoms with E-state index < -0.39 is 5.97 Å². The highest BCUT2D eigenvalue weighted by atomic mass is 16.5. The molecule has 10 aromatic rings. The van der Waals surface area contributed by atoms with E-state index in [0.29, 0.717) is 96.5 Å². The van der Waals surface area contributed by atoms with E-state index in [1.165, 1.54) is 4.90 Å². The standard InChI is InChI=1S/C25H25N7O3.C20H26N4O2.C19H24N4O2.C17H20N4O2/c1-31-20-14-17(25(35)32(13-11-23(33)34)21-4-2-3-12-28-21)7-10-19(20)30-22(31)15-29-18-8-5-16(6-9-18)24(26)27;21-19(22)15-5-9-17(10-6-15)25-13-3-1-2-4-14-26-18-11-7-16(8-12-18)20(23)24;20-18(21)14-4-8-16(9-5-14)24-12-2-1-3-13-25-17-10-6-15(7-11-17)19(22)23;18-16(19)12-2-6-14(7-3-12)22-10-1-11-23-15-8-4-13(5-9-15)17(20)21/h2-10,12,14,29H,11,13,15H2,1H3,(H3,26,27)(H,33,34);5-12H,1-4,13-14H2,(H3,21,22)(H3,23,24);4-11H,1-3,12-13H2,(H3,20,21)(H3,22,23);2-9H,1,10-11H2,(H3,18,19)(H3,20,21). The van der Waals surface area contributed by atoms with Crippen molar-refractivity contribution in [2.24, 2.45) is 47.2 Å². The van der Waals surface area contributed by atoms with Gasteiger partial charge >= 0.3 is 5.97 Å². The molecule has 0 aliphatic rings. The number of ether oxygens (including phenoxy) is 6. The van der Waals surface area contributed by atoms with Crippen LogP contribution >= 0.6 is 0 Å². The number of anilines is 2. The number of nitrogen functional groups attached to an aromatic ring is 7. The van der Waals surface area contributed by atoms with Gasteiger partial charge in [0.15, 0.2) is 0 Å². The summed E-state index contributed by atoms with van der Waals surface area (Å²) in [7, 11) is 1.88. The van der Waals surface area contributed by atoms with Crippen LogP contribution < -0.4 is 78.8 Å². The van der Waals surface area contributed by atoms with Crippen LogP contribution in [0.15, 0.2) is 212 Å². The van der Waals surface area contributed by atoms with Gasteiger partial charge in [0.05, 0.1) is 63.6 Å². The Balaban J connectivity index is 0.000000205. The smallest absolute Gasteiger partial charge is 0.305 e. The number of nitrogens with zero attached hydrogens (tertiary/aromatic N) is 4. The lowest BCUT2D eigenvalue weighted by molar-refractivity contribution is -0.136. The van der Waals surface area contributed by atoms with E-state index in [-0.39, 0.29) is 59.7 Å². The summed E-state index contributed by atoms with van der Waals surface area (Å²) in [6, 6.07) is 60.7. The lowest BCUT2D eigenvalue weighted by atomic mass is 10.1. The average molecular weight is 1480 g/mol. The number of imidazole rings is 1. The Bertz CT molecular complexity index is 4420. The molecule has 23 N–H and O–H groups in total. The normalized spacial score (nSPS) is 10.4. The van der Waals surface area contributed by atoms with Gasteiger partial charge in [-0.2, -0.15) is 0 Å². The first-order chi connectivity index (χ1) is 52.5. The van der Waals surface area contributed by atoms with E-state index in [0.717, 1.165) is 108 Å². The zero-order valence-corrected chi connectivity index (χ0v) is 60.8. The number of rotatable bonds is 38. The minimum Gasteiger partial charge on any atom is -0.494 e. The number of amides is 1. The van der Waals surface area contributed by atoms with Gasteiger partial charge in [-0.3, -0.25) is 52.4 Å². The minimum atomic E-state index is -0.992. The number of amidine groups is 7. The monoisotopic (exact) mass is 1480 g/mol. The molecule has 2 aromatic heterocycles. The third-order valence-corrected chi connectivity index (χ3v) is 16.3. The number of aryl methyl sites for hydroxylation is 1. The molecule has 0 aliphatic heterocycles. The summed E-state index contributed by atoms with van der Waals surface area (Å²) >= 11 is 0. The molecule has 0 aliphatic carbocycles. The van der Waals surface area contributed by atoms with Crippen molar-refractivity contribution in [2.75, 3.05) is 56.4 Å². The Morgan fingerprint density at radius 2 is 0.706 bits per heavy atom. The highest BCUT2D eigenvalue weighted by Crippen LogP contribution is 2.24. The number of unbranched alkanes of at least 4 members (excludes halogenated alkanes) is 5. The quantitative estimate of drug-likeness (QED) is 0.00971. The van der Waals surface area contributed by atoms with Crippen molar-refractivity contribution in [1.29, 1.82) is 37.9 Å². The molecule has 0 radical (unpaired) electrons. The molecule has 28 nitrogen and oxygen atoms in total. The van der Waals surface area contributed by atoms with Gasteiger partial charge < -0.3 is 83.5 Å². The Morgan fingerprint density at radius 3 is 1.01 bits per heavy atom. The van der Waals surface area contributed by atoms with Crippen LogP contribution in [0.1, 0.15) is 113 Å². The molecule has 0 bridgehead atoms. The number of benzene rings is 8. The van der Waals surface area contributed by atoms with Crippen LogP contribution in [-0.2, 0) is 18.4 Å². The van der Waals surface area contributed by atoms with Crippen molar-refractivity contribution in [3.63, 3.8) is 0 Å². The fourth-order valence-electron chi connectivity index (χ4n) is 10.2. The minimum absolute atomic E-state index is 0.00614. The molecule has 0 saturated carbocycles. The topological polar surface area (TPSA) is 505 Å². The summed E-state index contributed by atoms with van der Waals surface area (Å²) in [6.07, 6.45) is 9.15. The van der Waals surface area contributed by atoms with Gasteiger partial charge in [0, 0.05) is 76.4 Å². The first kappa shape index (κ1) is 82.5. The zero-order chi connectivity index (χ0) is 78.5. The van der Waals surface area contributed by atoms with Gasteiger partial charge in [-0.15, -0.1) is 0 Å². The summed E-state index contributed by atoms with van der Waals surface area (Å²) in [5, 5.41) is 63.9.